The molecule has 298 valence electrons. The summed E-state index contributed by atoms with van der Waals surface area (Å²) in [6.45, 7) is 3.66. The fraction of sp³-hybridized carbons (Fsp3) is 0.868. The Morgan fingerprint density at radius 1 is 0.686 bits per heavy atom. The molecule has 0 bridgehead atoms. The molecule has 0 aromatic heterocycles. The Morgan fingerprint density at radius 2 is 1.18 bits per heavy atom. The molecule has 0 aliphatic carbocycles. The molecule has 1 aliphatic heterocycles. The number of aliphatic hydroxyl groups excluding tert-OH is 3. The zero-order valence-corrected chi connectivity index (χ0v) is 32.1. The van der Waals surface area contributed by atoms with Crippen molar-refractivity contribution in [3.05, 3.63) is 17.9 Å². The fourth-order valence-electron chi connectivity index (χ4n) is 5.77. The van der Waals surface area contributed by atoms with Gasteiger partial charge in [0.15, 0.2) is 12.4 Å². The van der Waals surface area contributed by atoms with Gasteiger partial charge in [0, 0.05) is 12.8 Å². The van der Waals surface area contributed by atoms with Crippen LogP contribution in [0.1, 0.15) is 155 Å². The van der Waals surface area contributed by atoms with E-state index in [1.807, 2.05) is 0 Å². The number of esters is 2. The smallest absolute Gasteiger partial charge is 0.306 e. The Kier molecular flexibility index (Phi) is 27.4. The highest BCUT2D eigenvalue weighted by molar-refractivity contribution is 7.85. The lowest BCUT2D eigenvalue weighted by Gasteiger charge is -2.40. The van der Waals surface area contributed by atoms with Crippen molar-refractivity contribution in [1.29, 1.82) is 0 Å². The van der Waals surface area contributed by atoms with E-state index in [-0.39, 0.29) is 19.4 Å². The van der Waals surface area contributed by atoms with E-state index in [0.717, 1.165) is 57.8 Å². The zero-order valence-electron chi connectivity index (χ0n) is 31.3. The van der Waals surface area contributed by atoms with Crippen LogP contribution in [-0.2, 0) is 38.7 Å². The molecule has 13 heteroatoms. The molecular weight excluding hydrogens is 680 g/mol. The van der Waals surface area contributed by atoms with E-state index in [9.17, 15) is 37.9 Å². The van der Waals surface area contributed by atoms with Crippen molar-refractivity contribution < 1.29 is 56.8 Å². The molecule has 12 nitrogen and oxygen atoms in total. The third-order valence-electron chi connectivity index (χ3n) is 8.87. The van der Waals surface area contributed by atoms with Crippen molar-refractivity contribution >= 4 is 22.1 Å². The SMILES string of the molecule is CCCCCCCC=C=CCCCCCCCC(=O)O[C@H](COC(=O)CCCCCCCCCC)CO[C@H]1O[C@H](CS(=O)(=O)O)[C@@H](O)C(O)C1O. The lowest BCUT2D eigenvalue weighted by molar-refractivity contribution is -0.297. The van der Waals surface area contributed by atoms with Crippen molar-refractivity contribution in [3.8, 4) is 0 Å². The molecule has 6 atom stereocenters. The average molecular weight is 749 g/mol. The van der Waals surface area contributed by atoms with Crippen LogP contribution in [0.4, 0.5) is 0 Å². The van der Waals surface area contributed by atoms with Gasteiger partial charge in [-0.15, -0.1) is 5.73 Å². The van der Waals surface area contributed by atoms with Crippen molar-refractivity contribution in [3.63, 3.8) is 0 Å². The third-order valence-corrected chi connectivity index (χ3v) is 9.62. The Morgan fingerprint density at radius 3 is 1.71 bits per heavy atom. The number of carbonyl (C=O) groups excluding carboxylic acids is 2. The molecule has 0 aromatic carbocycles. The second kappa shape index (κ2) is 29.6. The summed E-state index contributed by atoms with van der Waals surface area (Å²) >= 11 is 0. The predicted octanol–water partition coefficient (Wildman–Crippen LogP) is 6.49. The summed E-state index contributed by atoms with van der Waals surface area (Å²) in [5.74, 6) is -2.01. The molecule has 1 aliphatic rings. The quantitative estimate of drug-likeness (QED) is 0.0262. The lowest BCUT2D eigenvalue weighted by Crippen LogP contribution is -2.60. The molecule has 0 amide bonds. The molecular formula is C38H68O12S. The summed E-state index contributed by atoms with van der Waals surface area (Å²) in [5.41, 5.74) is 3.27. The summed E-state index contributed by atoms with van der Waals surface area (Å²) < 4.78 is 53.7. The molecule has 2 unspecified atom stereocenters. The van der Waals surface area contributed by atoms with Crippen LogP contribution in [0.5, 0.6) is 0 Å². The van der Waals surface area contributed by atoms with Crippen LogP contribution in [0, 0.1) is 0 Å². The topological polar surface area (TPSA) is 186 Å². The third kappa shape index (κ3) is 24.9. The van der Waals surface area contributed by atoms with E-state index < -0.39 is 71.2 Å². The van der Waals surface area contributed by atoms with E-state index >= 15 is 0 Å². The highest BCUT2D eigenvalue weighted by Gasteiger charge is 2.46. The monoisotopic (exact) mass is 748 g/mol. The first-order valence-corrected chi connectivity index (χ1v) is 21.1. The summed E-state index contributed by atoms with van der Waals surface area (Å²) in [5, 5.41) is 30.7. The minimum Gasteiger partial charge on any atom is -0.462 e. The van der Waals surface area contributed by atoms with Crippen molar-refractivity contribution in [2.45, 2.75) is 192 Å². The second-order valence-corrected chi connectivity index (χ2v) is 15.2. The van der Waals surface area contributed by atoms with Crippen molar-refractivity contribution in [1.82, 2.24) is 0 Å². The second-order valence-electron chi connectivity index (χ2n) is 13.7. The van der Waals surface area contributed by atoms with Gasteiger partial charge in [0.1, 0.15) is 36.8 Å². The first-order valence-electron chi connectivity index (χ1n) is 19.5. The summed E-state index contributed by atoms with van der Waals surface area (Å²) in [6, 6.07) is 0. The molecule has 51 heavy (non-hydrogen) atoms. The minimum atomic E-state index is -4.60. The van der Waals surface area contributed by atoms with Crippen LogP contribution in [0.2, 0.25) is 0 Å². The molecule has 0 saturated carbocycles. The first kappa shape index (κ1) is 47.2. The number of rotatable bonds is 31. The van der Waals surface area contributed by atoms with E-state index in [0.29, 0.717) is 12.8 Å². The lowest BCUT2D eigenvalue weighted by atomic mass is 10.00. The number of aliphatic hydroxyl groups is 3. The van der Waals surface area contributed by atoms with Crippen LogP contribution in [-0.4, -0.2) is 96.0 Å². The van der Waals surface area contributed by atoms with Crippen LogP contribution in [0.25, 0.3) is 0 Å². The van der Waals surface area contributed by atoms with Gasteiger partial charge in [0.2, 0.25) is 0 Å². The van der Waals surface area contributed by atoms with Crippen LogP contribution in [0.15, 0.2) is 17.9 Å². The van der Waals surface area contributed by atoms with Gasteiger partial charge < -0.3 is 34.3 Å². The number of unbranched alkanes of at least 4 members (excludes halogenated alkanes) is 17. The van der Waals surface area contributed by atoms with Crippen molar-refractivity contribution in [2.24, 2.45) is 0 Å². The van der Waals surface area contributed by atoms with Gasteiger partial charge in [-0.1, -0.05) is 104 Å². The summed E-state index contributed by atoms with van der Waals surface area (Å²) in [7, 11) is -4.60. The fourth-order valence-corrected chi connectivity index (χ4v) is 6.46. The van der Waals surface area contributed by atoms with Gasteiger partial charge >= 0.3 is 11.9 Å². The number of allylic oxidation sites excluding steroid dienone is 1. The van der Waals surface area contributed by atoms with Gasteiger partial charge in [0.25, 0.3) is 10.1 Å². The Hall–Kier alpha value is -1.83. The summed E-state index contributed by atoms with van der Waals surface area (Å²) in [4.78, 5) is 25.1. The first-order chi connectivity index (χ1) is 24.5. The van der Waals surface area contributed by atoms with Gasteiger partial charge in [-0.05, 0) is 50.7 Å². The Balaban J connectivity index is 2.53. The Bertz CT molecular complexity index is 1070. The number of ether oxygens (including phenoxy) is 4. The molecule has 0 radical (unpaired) electrons. The molecule has 1 heterocycles. The maximum absolute atomic E-state index is 12.7. The van der Waals surface area contributed by atoms with Crippen LogP contribution in [0.3, 0.4) is 0 Å². The predicted molar refractivity (Wildman–Crippen MR) is 195 cm³/mol. The maximum atomic E-state index is 12.7. The van der Waals surface area contributed by atoms with Crippen LogP contribution >= 0.6 is 0 Å². The average Bonchev–Trinajstić information content (AvgIpc) is 3.09. The molecule has 4 N–H and O–H groups in total. The van der Waals surface area contributed by atoms with E-state index in [4.69, 9.17) is 18.9 Å². The molecule has 1 saturated heterocycles. The van der Waals surface area contributed by atoms with Crippen molar-refractivity contribution in [2.75, 3.05) is 19.0 Å². The van der Waals surface area contributed by atoms with Gasteiger partial charge in [-0.3, -0.25) is 14.1 Å². The molecule has 0 aromatic rings. The van der Waals surface area contributed by atoms with E-state index in [1.54, 1.807) is 0 Å². The zero-order chi connectivity index (χ0) is 37.7. The number of hydrogen-bond acceptors (Lipinski definition) is 11. The summed E-state index contributed by atoms with van der Waals surface area (Å²) in [6.07, 6.45) is 16.4. The highest BCUT2D eigenvalue weighted by Crippen LogP contribution is 2.24. The van der Waals surface area contributed by atoms with Gasteiger partial charge in [-0.25, -0.2) is 0 Å². The van der Waals surface area contributed by atoms with Gasteiger partial charge in [-0.2, -0.15) is 8.42 Å². The number of hydrogen-bond donors (Lipinski definition) is 4. The molecule has 1 fully saturated rings. The van der Waals surface area contributed by atoms with Gasteiger partial charge in [0.05, 0.1) is 6.61 Å². The molecule has 1 rings (SSSR count). The minimum absolute atomic E-state index is 0.146. The van der Waals surface area contributed by atoms with E-state index in [1.165, 1.54) is 57.8 Å². The van der Waals surface area contributed by atoms with Crippen LogP contribution < -0.4 is 0 Å². The Labute approximate surface area is 307 Å². The molecule has 0 spiro atoms. The number of carbonyl (C=O) groups is 2. The van der Waals surface area contributed by atoms with E-state index in [2.05, 4.69) is 31.7 Å². The maximum Gasteiger partial charge on any atom is 0.306 e. The standard InChI is InChI=1S/C38H68O12S/c1-3-5-7-9-11-13-14-15-16-17-18-19-21-23-25-27-34(40)49-31(28-47-33(39)26-24-22-20-12-10-8-6-4-2)29-48-38-37(43)36(42)35(41)32(50-38)30-51(44,45)46/h14,16,31-32,35-38,41-43H,3-13,17-30H2,1-2H3,(H,44,45,46)/t15?,31-,32-,35-,36?,37?,38+/m1/s1. The normalized spacial score (nSPS) is 21.1. The largest absolute Gasteiger partial charge is 0.462 e. The highest BCUT2D eigenvalue weighted by atomic mass is 32.2.